The number of aromatic nitrogens is 3. The third-order valence-corrected chi connectivity index (χ3v) is 4.05. The molecule has 0 spiro atoms. The summed E-state index contributed by atoms with van der Waals surface area (Å²) in [5.41, 5.74) is 0.677. The van der Waals surface area contributed by atoms with E-state index in [4.69, 9.17) is 0 Å². The summed E-state index contributed by atoms with van der Waals surface area (Å²) in [6.45, 7) is 1.17. The zero-order valence-electron chi connectivity index (χ0n) is 15.5. The lowest BCUT2D eigenvalue weighted by molar-refractivity contribution is -0.143. The summed E-state index contributed by atoms with van der Waals surface area (Å²) >= 11 is 0. The van der Waals surface area contributed by atoms with Crippen LogP contribution in [0.2, 0.25) is 0 Å². The molecule has 0 bridgehead atoms. The van der Waals surface area contributed by atoms with Crippen molar-refractivity contribution in [3.63, 3.8) is 0 Å². The minimum atomic E-state index is -5.09. The van der Waals surface area contributed by atoms with Gasteiger partial charge in [0.1, 0.15) is 12.9 Å². The number of nitrogens with one attached hydrogen (secondary N) is 3. The van der Waals surface area contributed by atoms with Crippen molar-refractivity contribution in [2.75, 3.05) is 6.54 Å². The van der Waals surface area contributed by atoms with E-state index in [1.165, 1.54) is 6.92 Å². The Morgan fingerprint density at radius 3 is 2.23 bits per heavy atom. The molecule has 31 heavy (non-hydrogen) atoms. The topological polar surface area (TPSA) is 113 Å². The standard InChI is InChI=1S/C16H13F6N7O2/c1-7(12-24-6-25-29(12)14-23-5-11(30)27-28-14)26-13(31)8-2-9(15(17,18)19)4-10(3-8)16(20,21)22/h2-4,6-7H,5H2,1H3,(H,23,28)(H,26,31)(H,27,30). The highest BCUT2D eigenvalue weighted by Gasteiger charge is 2.37. The number of hydrazine groups is 1. The van der Waals surface area contributed by atoms with Crippen molar-refractivity contribution in [3.8, 4) is 0 Å². The minimum Gasteiger partial charge on any atom is -0.342 e. The van der Waals surface area contributed by atoms with Crippen molar-refractivity contribution < 1.29 is 35.9 Å². The SMILES string of the molecule is CC(NC(=O)c1cc(C(F)(F)F)cc(C(F)(F)F)c1)c1ncnn1C1=NCC(=O)NN1. The number of carbonyl (C=O) groups excluding carboxylic acids is 2. The lowest BCUT2D eigenvalue weighted by atomic mass is 10.0. The van der Waals surface area contributed by atoms with Gasteiger partial charge in [0.2, 0.25) is 5.96 Å². The van der Waals surface area contributed by atoms with Gasteiger partial charge in [0.25, 0.3) is 11.8 Å². The van der Waals surface area contributed by atoms with Crippen LogP contribution in [0.1, 0.15) is 40.3 Å². The van der Waals surface area contributed by atoms with E-state index in [-0.39, 0.29) is 24.4 Å². The predicted octanol–water partition coefficient (Wildman–Crippen LogP) is 1.65. The summed E-state index contributed by atoms with van der Waals surface area (Å²) in [6.07, 6.45) is -9.08. The van der Waals surface area contributed by atoms with Crippen molar-refractivity contribution in [3.05, 3.63) is 47.0 Å². The van der Waals surface area contributed by atoms with Crippen molar-refractivity contribution in [2.24, 2.45) is 4.99 Å². The maximum absolute atomic E-state index is 13.0. The van der Waals surface area contributed by atoms with E-state index < -0.39 is 46.9 Å². The summed E-state index contributed by atoms with van der Waals surface area (Å²) in [5, 5.41) is 6.15. The fourth-order valence-corrected chi connectivity index (χ4v) is 2.61. The molecule has 15 heteroatoms. The van der Waals surface area contributed by atoms with Gasteiger partial charge in [-0.25, -0.2) is 9.98 Å². The molecule has 0 radical (unpaired) electrons. The molecule has 2 amide bonds. The van der Waals surface area contributed by atoms with Crippen LogP contribution in [-0.4, -0.2) is 39.1 Å². The van der Waals surface area contributed by atoms with Gasteiger partial charge >= 0.3 is 12.4 Å². The number of hydrogen-bond acceptors (Lipinski definition) is 6. The molecule has 2 aromatic rings. The number of halogens is 6. The molecule has 166 valence electrons. The van der Waals surface area contributed by atoms with Gasteiger partial charge in [-0.3, -0.25) is 20.4 Å². The van der Waals surface area contributed by atoms with E-state index in [1.807, 2.05) is 0 Å². The number of carbonyl (C=O) groups is 2. The van der Waals surface area contributed by atoms with Crippen molar-refractivity contribution in [1.29, 1.82) is 0 Å². The molecular weight excluding hydrogens is 436 g/mol. The van der Waals surface area contributed by atoms with E-state index in [0.717, 1.165) is 11.0 Å². The Morgan fingerprint density at radius 1 is 1.10 bits per heavy atom. The van der Waals surface area contributed by atoms with Crippen molar-refractivity contribution in [2.45, 2.75) is 25.3 Å². The Kier molecular flexibility index (Phi) is 5.61. The number of hydrogen-bond donors (Lipinski definition) is 3. The lowest BCUT2D eigenvalue weighted by Crippen LogP contribution is -2.50. The highest BCUT2D eigenvalue weighted by atomic mass is 19.4. The van der Waals surface area contributed by atoms with E-state index >= 15 is 0 Å². The van der Waals surface area contributed by atoms with E-state index in [9.17, 15) is 35.9 Å². The number of amides is 2. The van der Waals surface area contributed by atoms with Gasteiger partial charge in [0, 0.05) is 5.56 Å². The van der Waals surface area contributed by atoms with E-state index in [0.29, 0.717) is 12.1 Å². The van der Waals surface area contributed by atoms with E-state index in [1.54, 1.807) is 0 Å². The predicted molar refractivity (Wildman–Crippen MR) is 91.3 cm³/mol. The first-order chi connectivity index (χ1) is 14.4. The Hall–Kier alpha value is -3.65. The first kappa shape index (κ1) is 22.0. The molecule has 1 aliphatic rings. The summed E-state index contributed by atoms with van der Waals surface area (Å²) in [6, 6.07) is -0.423. The third-order valence-electron chi connectivity index (χ3n) is 4.05. The minimum absolute atomic E-state index is 0.0478. The third kappa shape index (κ3) is 4.92. The van der Waals surface area contributed by atoms with Gasteiger partial charge < -0.3 is 5.32 Å². The fourth-order valence-electron chi connectivity index (χ4n) is 2.61. The smallest absolute Gasteiger partial charge is 0.342 e. The molecule has 0 aliphatic carbocycles. The second-order valence-corrected chi connectivity index (χ2v) is 6.33. The number of rotatable bonds is 3. The quantitative estimate of drug-likeness (QED) is 0.617. The lowest BCUT2D eigenvalue weighted by Gasteiger charge is -2.19. The number of benzene rings is 1. The molecule has 1 atom stereocenters. The molecule has 1 aromatic heterocycles. The Morgan fingerprint density at radius 2 is 1.71 bits per heavy atom. The van der Waals surface area contributed by atoms with Crippen LogP contribution in [0.5, 0.6) is 0 Å². The Balaban J connectivity index is 1.87. The molecule has 3 N–H and O–H groups in total. The average Bonchev–Trinajstić information content (AvgIpc) is 3.16. The largest absolute Gasteiger partial charge is 0.416 e. The zero-order valence-corrected chi connectivity index (χ0v) is 15.5. The second kappa shape index (κ2) is 7.88. The first-order valence-corrected chi connectivity index (χ1v) is 8.46. The number of aliphatic imine (C=N–C) groups is 1. The van der Waals surface area contributed by atoms with Gasteiger partial charge in [-0.1, -0.05) is 0 Å². The van der Waals surface area contributed by atoms with Crippen molar-refractivity contribution >= 4 is 17.8 Å². The van der Waals surface area contributed by atoms with Crippen LogP contribution in [0.4, 0.5) is 26.3 Å². The molecule has 3 rings (SSSR count). The molecule has 0 saturated heterocycles. The Bertz CT molecular complexity index is 1010. The average molecular weight is 449 g/mol. The van der Waals surface area contributed by atoms with Crippen LogP contribution >= 0.6 is 0 Å². The second-order valence-electron chi connectivity index (χ2n) is 6.33. The molecule has 2 heterocycles. The first-order valence-electron chi connectivity index (χ1n) is 8.46. The summed E-state index contributed by atoms with van der Waals surface area (Å²) in [5.74, 6) is -1.51. The molecule has 0 saturated carbocycles. The normalized spacial score (nSPS) is 15.6. The van der Waals surface area contributed by atoms with Crippen molar-refractivity contribution in [1.82, 2.24) is 30.9 Å². The highest BCUT2D eigenvalue weighted by molar-refractivity contribution is 5.95. The molecule has 1 aliphatic heterocycles. The van der Waals surface area contributed by atoms with Crippen LogP contribution in [0.15, 0.2) is 29.5 Å². The maximum atomic E-state index is 13.0. The van der Waals surface area contributed by atoms with Crippen LogP contribution in [-0.2, 0) is 17.1 Å². The monoisotopic (exact) mass is 449 g/mol. The molecule has 1 aromatic carbocycles. The summed E-state index contributed by atoms with van der Waals surface area (Å²) in [7, 11) is 0. The van der Waals surface area contributed by atoms with Crippen LogP contribution in [0.3, 0.4) is 0 Å². The molecule has 1 unspecified atom stereocenters. The molecule has 0 fully saturated rings. The fraction of sp³-hybridized carbons (Fsp3) is 0.312. The van der Waals surface area contributed by atoms with Gasteiger partial charge in [0.05, 0.1) is 17.2 Å². The summed E-state index contributed by atoms with van der Waals surface area (Å²) < 4.78 is 79.1. The van der Waals surface area contributed by atoms with Gasteiger partial charge in [-0.15, -0.1) is 0 Å². The van der Waals surface area contributed by atoms with Gasteiger partial charge in [-0.05, 0) is 25.1 Å². The van der Waals surface area contributed by atoms with Crippen LogP contribution in [0, 0.1) is 0 Å². The number of alkyl halides is 6. The highest BCUT2D eigenvalue weighted by Crippen LogP contribution is 2.36. The van der Waals surface area contributed by atoms with Gasteiger partial charge in [0.15, 0.2) is 5.82 Å². The summed E-state index contributed by atoms with van der Waals surface area (Å²) in [4.78, 5) is 31.4. The number of nitrogens with zero attached hydrogens (tertiary/aromatic N) is 4. The maximum Gasteiger partial charge on any atom is 0.416 e. The van der Waals surface area contributed by atoms with Crippen LogP contribution in [0.25, 0.3) is 0 Å². The molecular formula is C16H13F6N7O2. The van der Waals surface area contributed by atoms with Gasteiger partial charge in [-0.2, -0.15) is 36.1 Å². The van der Waals surface area contributed by atoms with Crippen LogP contribution < -0.4 is 16.2 Å². The zero-order chi connectivity index (χ0) is 23.0. The Labute approximate surface area is 169 Å². The molecule has 9 nitrogen and oxygen atoms in total. The van der Waals surface area contributed by atoms with E-state index in [2.05, 4.69) is 31.2 Å².